The zero-order valence-corrected chi connectivity index (χ0v) is 9.69. The first-order valence-electron chi connectivity index (χ1n) is 6.22. The standard InChI is InChI=1S/C12H23NO2/c1-15-9-10-6-7-13(8-10)11-4-2-3-5-12(11)14/h10-12,14H,2-9H2,1H3. The van der Waals surface area contributed by atoms with Crippen molar-refractivity contribution >= 4 is 0 Å². The van der Waals surface area contributed by atoms with E-state index < -0.39 is 0 Å². The van der Waals surface area contributed by atoms with Gasteiger partial charge in [0.2, 0.25) is 0 Å². The fourth-order valence-electron chi connectivity index (χ4n) is 3.05. The van der Waals surface area contributed by atoms with Crippen LogP contribution in [-0.2, 0) is 4.74 Å². The second kappa shape index (κ2) is 5.28. The highest BCUT2D eigenvalue weighted by Gasteiger charge is 2.33. The molecule has 1 saturated heterocycles. The molecule has 1 aliphatic carbocycles. The zero-order chi connectivity index (χ0) is 10.7. The van der Waals surface area contributed by atoms with Crippen LogP contribution in [0.15, 0.2) is 0 Å². The monoisotopic (exact) mass is 213 g/mol. The van der Waals surface area contributed by atoms with Crippen LogP contribution in [0.4, 0.5) is 0 Å². The summed E-state index contributed by atoms with van der Waals surface area (Å²) in [5.74, 6) is 0.684. The second-order valence-electron chi connectivity index (χ2n) is 5.02. The van der Waals surface area contributed by atoms with Gasteiger partial charge in [-0.1, -0.05) is 12.8 Å². The van der Waals surface area contributed by atoms with Gasteiger partial charge in [-0.25, -0.2) is 0 Å². The third-order valence-electron chi connectivity index (χ3n) is 3.88. The van der Waals surface area contributed by atoms with E-state index in [9.17, 15) is 5.11 Å². The molecular weight excluding hydrogens is 190 g/mol. The number of aliphatic hydroxyl groups is 1. The molecule has 2 aliphatic rings. The van der Waals surface area contributed by atoms with E-state index in [0.29, 0.717) is 12.0 Å². The molecule has 0 amide bonds. The van der Waals surface area contributed by atoms with Gasteiger partial charge in [-0.3, -0.25) is 4.90 Å². The van der Waals surface area contributed by atoms with Crippen LogP contribution in [0, 0.1) is 5.92 Å². The Morgan fingerprint density at radius 2 is 2.07 bits per heavy atom. The number of likely N-dealkylation sites (tertiary alicyclic amines) is 1. The Hall–Kier alpha value is -0.120. The van der Waals surface area contributed by atoms with Gasteiger partial charge < -0.3 is 9.84 Å². The van der Waals surface area contributed by atoms with Crippen LogP contribution in [0.1, 0.15) is 32.1 Å². The topological polar surface area (TPSA) is 32.7 Å². The van der Waals surface area contributed by atoms with Gasteiger partial charge in [0.25, 0.3) is 0 Å². The van der Waals surface area contributed by atoms with E-state index in [1.807, 2.05) is 0 Å². The number of methoxy groups -OCH3 is 1. The van der Waals surface area contributed by atoms with Gasteiger partial charge in [-0.15, -0.1) is 0 Å². The van der Waals surface area contributed by atoms with Crippen LogP contribution in [0.2, 0.25) is 0 Å². The van der Waals surface area contributed by atoms with E-state index in [-0.39, 0.29) is 6.10 Å². The Kier molecular flexibility index (Phi) is 4.00. The largest absolute Gasteiger partial charge is 0.391 e. The Labute approximate surface area is 92.4 Å². The molecule has 0 aromatic rings. The highest BCUT2D eigenvalue weighted by molar-refractivity contribution is 4.87. The molecule has 0 spiro atoms. The SMILES string of the molecule is COCC1CCN(C2CCCCC2O)C1. The second-order valence-corrected chi connectivity index (χ2v) is 5.02. The van der Waals surface area contributed by atoms with Crippen molar-refractivity contribution in [2.45, 2.75) is 44.2 Å². The predicted molar refractivity (Wildman–Crippen MR) is 59.8 cm³/mol. The molecule has 0 radical (unpaired) electrons. The van der Waals surface area contributed by atoms with Gasteiger partial charge in [0, 0.05) is 19.7 Å². The first-order chi connectivity index (χ1) is 7.31. The quantitative estimate of drug-likeness (QED) is 0.766. The molecule has 2 fully saturated rings. The van der Waals surface area contributed by atoms with Crippen molar-refractivity contribution in [3.63, 3.8) is 0 Å². The van der Waals surface area contributed by atoms with Gasteiger partial charge in [0.05, 0.1) is 12.7 Å². The van der Waals surface area contributed by atoms with E-state index in [4.69, 9.17) is 4.74 Å². The van der Waals surface area contributed by atoms with Crippen molar-refractivity contribution in [1.29, 1.82) is 0 Å². The normalized spacial score (nSPS) is 38.4. The number of rotatable bonds is 3. The van der Waals surface area contributed by atoms with Crippen molar-refractivity contribution in [2.75, 3.05) is 26.8 Å². The lowest BCUT2D eigenvalue weighted by atomic mass is 9.91. The summed E-state index contributed by atoms with van der Waals surface area (Å²) in [4.78, 5) is 2.48. The lowest BCUT2D eigenvalue weighted by molar-refractivity contribution is 0.0273. The molecule has 1 aliphatic heterocycles. The molecule has 88 valence electrons. The van der Waals surface area contributed by atoms with Crippen LogP contribution >= 0.6 is 0 Å². The third-order valence-corrected chi connectivity index (χ3v) is 3.88. The summed E-state index contributed by atoms with van der Waals surface area (Å²) in [5, 5.41) is 9.97. The predicted octanol–water partition coefficient (Wildman–Crippen LogP) is 1.26. The average Bonchev–Trinajstić information content (AvgIpc) is 2.68. The summed E-state index contributed by atoms with van der Waals surface area (Å²) in [7, 11) is 1.78. The number of hydrogen-bond acceptors (Lipinski definition) is 3. The number of nitrogens with zero attached hydrogens (tertiary/aromatic N) is 1. The summed E-state index contributed by atoms with van der Waals surface area (Å²) in [5.41, 5.74) is 0. The van der Waals surface area contributed by atoms with Crippen LogP contribution in [-0.4, -0.2) is 49.0 Å². The first kappa shape index (κ1) is 11.4. The van der Waals surface area contributed by atoms with Crippen molar-refractivity contribution in [2.24, 2.45) is 5.92 Å². The number of aliphatic hydroxyl groups excluding tert-OH is 1. The molecular formula is C12H23NO2. The molecule has 2 rings (SSSR count). The summed E-state index contributed by atoms with van der Waals surface area (Å²) in [6.07, 6.45) is 5.81. The molecule has 3 nitrogen and oxygen atoms in total. The number of hydrogen-bond donors (Lipinski definition) is 1. The third kappa shape index (κ3) is 2.71. The Bertz CT molecular complexity index is 198. The Balaban J connectivity index is 1.83. The van der Waals surface area contributed by atoms with E-state index in [1.165, 1.54) is 25.7 Å². The van der Waals surface area contributed by atoms with Crippen molar-refractivity contribution in [1.82, 2.24) is 4.90 Å². The summed E-state index contributed by atoms with van der Waals surface area (Å²) < 4.78 is 5.20. The molecule has 15 heavy (non-hydrogen) atoms. The van der Waals surface area contributed by atoms with Crippen molar-refractivity contribution in [3.05, 3.63) is 0 Å². The Morgan fingerprint density at radius 3 is 2.80 bits per heavy atom. The maximum Gasteiger partial charge on any atom is 0.0695 e. The maximum atomic E-state index is 9.97. The molecule has 3 heteroatoms. The maximum absolute atomic E-state index is 9.97. The average molecular weight is 213 g/mol. The minimum Gasteiger partial charge on any atom is -0.391 e. The van der Waals surface area contributed by atoms with Crippen LogP contribution in [0.25, 0.3) is 0 Å². The molecule has 1 N–H and O–H groups in total. The lowest BCUT2D eigenvalue weighted by Gasteiger charge is -2.35. The lowest BCUT2D eigenvalue weighted by Crippen LogP contribution is -2.44. The van der Waals surface area contributed by atoms with Gasteiger partial charge >= 0.3 is 0 Å². The fraction of sp³-hybridized carbons (Fsp3) is 1.00. The first-order valence-corrected chi connectivity index (χ1v) is 6.22. The Morgan fingerprint density at radius 1 is 1.27 bits per heavy atom. The molecule has 0 aromatic heterocycles. The van der Waals surface area contributed by atoms with E-state index in [0.717, 1.165) is 26.1 Å². The molecule has 0 bridgehead atoms. The van der Waals surface area contributed by atoms with Gasteiger partial charge in [-0.2, -0.15) is 0 Å². The molecule has 1 heterocycles. The van der Waals surface area contributed by atoms with Gasteiger partial charge in [0.1, 0.15) is 0 Å². The fourth-order valence-corrected chi connectivity index (χ4v) is 3.05. The summed E-state index contributed by atoms with van der Waals surface area (Å²) in [6, 6.07) is 0.431. The zero-order valence-electron chi connectivity index (χ0n) is 9.69. The van der Waals surface area contributed by atoms with E-state index in [1.54, 1.807) is 7.11 Å². The van der Waals surface area contributed by atoms with Gasteiger partial charge in [-0.05, 0) is 31.7 Å². The van der Waals surface area contributed by atoms with Crippen molar-refractivity contribution in [3.8, 4) is 0 Å². The summed E-state index contributed by atoms with van der Waals surface area (Å²) in [6.45, 7) is 3.14. The molecule has 3 atom stereocenters. The smallest absolute Gasteiger partial charge is 0.0695 e. The highest BCUT2D eigenvalue weighted by Crippen LogP contribution is 2.28. The van der Waals surface area contributed by atoms with E-state index >= 15 is 0 Å². The van der Waals surface area contributed by atoms with E-state index in [2.05, 4.69) is 4.90 Å². The molecule has 3 unspecified atom stereocenters. The molecule has 1 saturated carbocycles. The minimum absolute atomic E-state index is 0.0833. The number of ether oxygens (including phenoxy) is 1. The van der Waals surface area contributed by atoms with Crippen molar-refractivity contribution < 1.29 is 9.84 Å². The van der Waals surface area contributed by atoms with Crippen LogP contribution < -0.4 is 0 Å². The van der Waals surface area contributed by atoms with Gasteiger partial charge in [0.15, 0.2) is 0 Å². The summed E-state index contributed by atoms with van der Waals surface area (Å²) >= 11 is 0. The minimum atomic E-state index is -0.0833. The molecule has 0 aromatic carbocycles. The highest BCUT2D eigenvalue weighted by atomic mass is 16.5. The van der Waals surface area contributed by atoms with Crippen LogP contribution in [0.5, 0.6) is 0 Å². The van der Waals surface area contributed by atoms with Crippen LogP contribution in [0.3, 0.4) is 0 Å².